The number of aromatic nitrogens is 2. The van der Waals surface area contributed by atoms with Crippen molar-refractivity contribution in [1.29, 1.82) is 0 Å². The zero-order valence-corrected chi connectivity index (χ0v) is 12.7. The van der Waals surface area contributed by atoms with Gasteiger partial charge in [-0.1, -0.05) is 30.3 Å². The number of hydrogen-bond donors (Lipinski definition) is 0. The number of ether oxygens (including phenoxy) is 1. The predicted molar refractivity (Wildman–Crippen MR) is 84.6 cm³/mol. The molecule has 1 atom stereocenters. The first kappa shape index (κ1) is 12.6. The Labute approximate surface area is 130 Å². The summed E-state index contributed by atoms with van der Waals surface area (Å²) in [6, 6.07) is 14.1. The van der Waals surface area contributed by atoms with Crippen molar-refractivity contribution in [3.63, 3.8) is 0 Å². The standard InChI is InChI=1S/C16H12BrN3O/c17-12-7-4-8-20-10-13(19-15(12)20)16-18-9-14(21-16)11-5-2-1-3-6-11/h1-8,10,14H,9H2. The molecular weight excluding hydrogens is 330 g/mol. The number of imidazole rings is 1. The molecule has 0 amide bonds. The number of halogens is 1. The van der Waals surface area contributed by atoms with Gasteiger partial charge in [0.1, 0.15) is 11.8 Å². The van der Waals surface area contributed by atoms with E-state index in [-0.39, 0.29) is 6.10 Å². The fourth-order valence-electron chi connectivity index (χ4n) is 2.44. The summed E-state index contributed by atoms with van der Waals surface area (Å²) in [5.41, 5.74) is 2.77. The summed E-state index contributed by atoms with van der Waals surface area (Å²) in [5, 5.41) is 0. The molecule has 0 radical (unpaired) electrons. The molecule has 1 aromatic carbocycles. The van der Waals surface area contributed by atoms with Gasteiger partial charge in [-0.05, 0) is 33.6 Å². The fraction of sp³-hybridized carbons (Fsp3) is 0.125. The zero-order valence-electron chi connectivity index (χ0n) is 11.1. The fourth-order valence-corrected chi connectivity index (χ4v) is 2.89. The van der Waals surface area contributed by atoms with Crippen LogP contribution in [0.1, 0.15) is 17.4 Å². The van der Waals surface area contributed by atoms with E-state index in [2.05, 4.69) is 38.0 Å². The number of pyridine rings is 1. The molecule has 5 heteroatoms. The molecule has 4 nitrogen and oxygen atoms in total. The minimum atomic E-state index is -0.0190. The number of benzene rings is 1. The first-order chi connectivity index (χ1) is 10.3. The normalized spacial score (nSPS) is 17.8. The van der Waals surface area contributed by atoms with Crippen LogP contribution in [0.2, 0.25) is 0 Å². The molecule has 0 N–H and O–H groups in total. The zero-order chi connectivity index (χ0) is 14.2. The van der Waals surface area contributed by atoms with Crippen molar-refractivity contribution in [1.82, 2.24) is 9.38 Å². The second kappa shape index (κ2) is 5.00. The van der Waals surface area contributed by atoms with Gasteiger partial charge in [0.25, 0.3) is 0 Å². The van der Waals surface area contributed by atoms with Crippen molar-refractivity contribution >= 4 is 27.5 Å². The van der Waals surface area contributed by atoms with Crippen LogP contribution in [-0.4, -0.2) is 21.8 Å². The average molecular weight is 342 g/mol. The quantitative estimate of drug-likeness (QED) is 0.714. The third kappa shape index (κ3) is 2.23. The van der Waals surface area contributed by atoms with Gasteiger partial charge < -0.3 is 9.14 Å². The Balaban J connectivity index is 1.64. The Morgan fingerprint density at radius 1 is 1.14 bits per heavy atom. The number of nitrogens with zero attached hydrogens (tertiary/aromatic N) is 3. The molecule has 1 unspecified atom stereocenters. The summed E-state index contributed by atoms with van der Waals surface area (Å²) < 4.78 is 8.87. The van der Waals surface area contributed by atoms with Gasteiger partial charge in [-0.3, -0.25) is 0 Å². The summed E-state index contributed by atoms with van der Waals surface area (Å²) in [6.45, 7) is 0.633. The van der Waals surface area contributed by atoms with Crippen molar-refractivity contribution in [2.45, 2.75) is 6.10 Å². The predicted octanol–water partition coefficient (Wildman–Crippen LogP) is 3.61. The van der Waals surface area contributed by atoms with Crippen LogP contribution in [0.5, 0.6) is 0 Å². The van der Waals surface area contributed by atoms with Gasteiger partial charge in [0.15, 0.2) is 5.65 Å². The SMILES string of the molecule is Brc1cccn2cc(C3=NCC(c4ccccc4)O3)nc12. The lowest BCUT2D eigenvalue weighted by Gasteiger charge is -2.10. The Hall–Kier alpha value is -2.14. The average Bonchev–Trinajstić information content (AvgIpc) is 3.15. The van der Waals surface area contributed by atoms with Crippen molar-refractivity contribution in [2.75, 3.05) is 6.54 Å². The lowest BCUT2D eigenvalue weighted by atomic mass is 10.1. The lowest BCUT2D eigenvalue weighted by molar-refractivity contribution is 0.230. The molecule has 0 fully saturated rings. The van der Waals surface area contributed by atoms with E-state index in [9.17, 15) is 0 Å². The van der Waals surface area contributed by atoms with Crippen LogP contribution in [0, 0.1) is 0 Å². The molecule has 1 aliphatic heterocycles. The maximum atomic E-state index is 5.96. The second-order valence-electron chi connectivity index (χ2n) is 4.88. The van der Waals surface area contributed by atoms with E-state index in [4.69, 9.17) is 4.74 Å². The van der Waals surface area contributed by atoms with Gasteiger partial charge in [0.05, 0.1) is 11.0 Å². The van der Waals surface area contributed by atoms with Crippen LogP contribution in [0.3, 0.4) is 0 Å². The van der Waals surface area contributed by atoms with Crippen LogP contribution < -0.4 is 0 Å². The van der Waals surface area contributed by atoms with Gasteiger partial charge in [-0.25, -0.2) is 9.98 Å². The van der Waals surface area contributed by atoms with Gasteiger partial charge in [0, 0.05) is 12.4 Å². The molecule has 3 heterocycles. The van der Waals surface area contributed by atoms with Crippen molar-refractivity contribution < 1.29 is 4.74 Å². The summed E-state index contributed by atoms with van der Waals surface area (Å²) in [6.07, 6.45) is 3.88. The van der Waals surface area contributed by atoms with E-state index in [0.717, 1.165) is 21.4 Å². The number of rotatable bonds is 2. The van der Waals surface area contributed by atoms with Crippen LogP contribution >= 0.6 is 15.9 Å². The van der Waals surface area contributed by atoms with Crippen molar-refractivity contribution in [3.8, 4) is 0 Å². The third-order valence-electron chi connectivity index (χ3n) is 3.48. The van der Waals surface area contributed by atoms with Crippen LogP contribution in [0.15, 0.2) is 64.3 Å². The summed E-state index contributed by atoms with van der Waals surface area (Å²) in [7, 11) is 0. The Bertz CT molecular complexity index is 826. The van der Waals surface area contributed by atoms with E-state index >= 15 is 0 Å². The maximum absolute atomic E-state index is 5.96. The summed E-state index contributed by atoms with van der Waals surface area (Å²) in [5.74, 6) is 0.611. The van der Waals surface area contributed by atoms with E-state index in [1.165, 1.54) is 0 Å². The Morgan fingerprint density at radius 3 is 2.81 bits per heavy atom. The monoisotopic (exact) mass is 341 g/mol. The molecular formula is C16H12BrN3O. The summed E-state index contributed by atoms with van der Waals surface area (Å²) >= 11 is 3.50. The van der Waals surface area contributed by atoms with Gasteiger partial charge >= 0.3 is 0 Å². The third-order valence-corrected chi connectivity index (χ3v) is 4.10. The highest BCUT2D eigenvalue weighted by molar-refractivity contribution is 9.10. The topological polar surface area (TPSA) is 38.9 Å². The molecule has 0 spiro atoms. The Kier molecular flexibility index (Phi) is 3.00. The highest BCUT2D eigenvalue weighted by Gasteiger charge is 2.24. The molecule has 1 aliphatic rings. The molecule has 4 rings (SSSR count). The molecule has 0 aliphatic carbocycles. The lowest BCUT2D eigenvalue weighted by Crippen LogP contribution is -2.06. The van der Waals surface area contributed by atoms with Crippen molar-refractivity contribution in [3.05, 3.63) is 70.6 Å². The number of hydrogen-bond acceptors (Lipinski definition) is 3. The largest absolute Gasteiger partial charge is 0.466 e. The molecule has 3 aromatic rings. The van der Waals surface area contributed by atoms with E-state index in [1.54, 1.807) is 0 Å². The highest BCUT2D eigenvalue weighted by Crippen LogP contribution is 2.25. The highest BCUT2D eigenvalue weighted by atomic mass is 79.9. The molecule has 0 bridgehead atoms. The number of fused-ring (bicyclic) bond motifs is 1. The van der Waals surface area contributed by atoms with Crippen molar-refractivity contribution in [2.24, 2.45) is 4.99 Å². The van der Waals surface area contributed by atoms with Gasteiger partial charge in [-0.2, -0.15) is 0 Å². The Morgan fingerprint density at radius 2 is 2.00 bits per heavy atom. The molecule has 2 aromatic heterocycles. The van der Waals surface area contributed by atoms with Crippen LogP contribution in [0.4, 0.5) is 0 Å². The second-order valence-corrected chi connectivity index (χ2v) is 5.73. The first-order valence-electron chi connectivity index (χ1n) is 6.71. The van der Waals surface area contributed by atoms with E-state index < -0.39 is 0 Å². The maximum Gasteiger partial charge on any atom is 0.237 e. The van der Waals surface area contributed by atoms with E-state index in [1.807, 2.05) is 47.1 Å². The first-order valence-corrected chi connectivity index (χ1v) is 7.50. The minimum Gasteiger partial charge on any atom is -0.466 e. The van der Waals surface area contributed by atoms with E-state index in [0.29, 0.717) is 12.4 Å². The molecule has 0 saturated carbocycles. The number of aliphatic imine (C=N–C) groups is 1. The molecule has 104 valence electrons. The smallest absolute Gasteiger partial charge is 0.237 e. The van der Waals surface area contributed by atoms with Gasteiger partial charge in [-0.15, -0.1) is 0 Å². The molecule has 0 saturated heterocycles. The van der Waals surface area contributed by atoms with Crippen LogP contribution in [-0.2, 0) is 4.74 Å². The molecule has 21 heavy (non-hydrogen) atoms. The van der Waals surface area contributed by atoms with Crippen LogP contribution in [0.25, 0.3) is 5.65 Å². The summed E-state index contributed by atoms with van der Waals surface area (Å²) in [4.78, 5) is 9.07. The minimum absolute atomic E-state index is 0.0190. The van der Waals surface area contributed by atoms with Gasteiger partial charge in [0.2, 0.25) is 5.90 Å².